The molecule has 0 radical (unpaired) electrons. The number of nitrogens with one attached hydrogen (secondary N) is 1. The number of aromatic nitrogens is 2. The van der Waals surface area contributed by atoms with Crippen molar-refractivity contribution in [2.75, 3.05) is 6.54 Å². The van der Waals surface area contributed by atoms with Crippen LogP contribution in [0.1, 0.15) is 64.6 Å². The van der Waals surface area contributed by atoms with E-state index in [9.17, 15) is 0 Å². The quantitative estimate of drug-likeness (QED) is 0.783. The van der Waals surface area contributed by atoms with Gasteiger partial charge in [-0.2, -0.15) is 0 Å². The first-order valence-electron chi connectivity index (χ1n) is 8.56. The first-order chi connectivity index (χ1) is 9.83. The molecule has 0 spiro atoms. The Balaban J connectivity index is 1.91. The SMILES string of the molecule is CCCNC(Cc1nccn1CC)CC1CCCCC1. The summed E-state index contributed by atoms with van der Waals surface area (Å²) in [6.45, 7) is 6.60. The number of imidazole rings is 1. The Hall–Kier alpha value is -0.830. The van der Waals surface area contributed by atoms with E-state index in [4.69, 9.17) is 0 Å². The molecule has 1 aliphatic carbocycles. The van der Waals surface area contributed by atoms with E-state index >= 15 is 0 Å². The Kier molecular flexibility index (Phi) is 6.58. The van der Waals surface area contributed by atoms with Gasteiger partial charge in [0, 0.05) is 31.4 Å². The molecule has 0 bridgehead atoms. The maximum atomic E-state index is 4.55. The number of hydrogen-bond donors (Lipinski definition) is 1. The van der Waals surface area contributed by atoms with Gasteiger partial charge in [0.05, 0.1) is 0 Å². The molecular weight excluding hydrogens is 246 g/mol. The van der Waals surface area contributed by atoms with Gasteiger partial charge in [0.2, 0.25) is 0 Å². The fraction of sp³-hybridized carbons (Fsp3) is 0.824. The molecule has 1 fully saturated rings. The van der Waals surface area contributed by atoms with E-state index in [0.717, 1.165) is 25.4 Å². The van der Waals surface area contributed by atoms with Crippen molar-refractivity contribution >= 4 is 0 Å². The molecular formula is C17H31N3. The molecule has 3 heteroatoms. The summed E-state index contributed by atoms with van der Waals surface area (Å²) >= 11 is 0. The van der Waals surface area contributed by atoms with Crippen molar-refractivity contribution in [2.24, 2.45) is 5.92 Å². The molecule has 1 saturated carbocycles. The Labute approximate surface area is 124 Å². The zero-order valence-corrected chi connectivity index (χ0v) is 13.3. The monoisotopic (exact) mass is 277 g/mol. The molecule has 0 amide bonds. The van der Waals surface area contributed by atoms with Crippen LogP contribution >= 0.6 is 0 Å². The van der Waals surface area contributed by atoms with Crippen LogP contribution in [0.3, 0.4) is 0 Å². The minimum Gasteiger partial charge on any atom is -0.335 e. The van der Waals surface area contributed by atoms with Gasteiger partial charge in [-0.1, -0.05) is 39.0 Å². The third-order valence-corrected chi connectivity index (χ3v) is 4.60. The van der Waals surface area contributed by atoms with E-state index in [1.165, 1.54) is 50.8 Å². The summed E-state index contributed by atoms with van der Waals surface area (Å²) in [5, 5.41) is 3.75. The Morgan fingerprint density at radius 1 is 1.30 bits per heavy atom. The topological polar surface area (TPSA) is 29.9 Å². The maximum Gasteiger partial charge on any atom is 0.110 e. The first kappa shape index (κ1) is 15.6. The van der Waals surface area contributed by atoms with Crippen LogP contribution in [0.25, 0.3) is 0 Å². The predicted molar refractivity (Wildman–Crippen MR) is 84.9 cm³/mol. The Bertz CT molecular complexity index is 366. The summed E-state index contributed by atoms with van der Waals surface area (Å²) in [4.78, 5) is 4.55. The number of nitrogens with zero attached hydrogens (tertiary/aromatic N) is 2. The second-order valence-corrected chi connectivity index (χ2v) is 6.22. The van der Waals surface area contributed by atoms with Crippen molar-refractivity contribution in [2.45, 2.75) is 77.8 Å². The molecule has 1 aliphatic rings. The smallest absolute Gasteiger partial charge is 0.110 e. The lowest BCUT2D eigenvalue weighted by molar-refractivity contribution is 0.294. The molecule has 20 heavy (non-hydrogen) atoms. The standard InChI is InChI=1S/C17H31N3/c1-3-10-18-16(13-15-8-6-5-7-9-15)14-17-19-11-12-20(17)4-2/h11-12,15-16,18H,3-10,13-14H2,1-2H3. The highest BCUT2D eigenvalue weighted by Crippen LogP contribution is 2.28. The summed E-state index contributed by atoms with van der Waals surface area (Å²) in [5.74, 6) is 2.18. The highest BCUT2D eigenvalue weighted by molar-refractivity contribution is 4.96. The van der Waals surface area contributed by atoms with Crippen molar-refractivity contribution in [3.63, 3.8) is 0 Å². The van der Waals surface area contributed by atoms with Crippen LogP contribution in [0.4, 0.5) is 0 Å². The normalized spacial score (nSPS) is 18.3. The maximum absolute atomic E-state index is 4.55. The third-order valence-electron chi connectivity index (χ3n) is 4.60. The Morgan fingerprint density at radius 3 is 2.80 bits per heavy atom. The van der Waals surface area contributed by atoms with Crippen molar-refractivity contribution in [3.05, 3.63) is 18.2 Å². The van der Waals surface area contributed by atoms with Gasteiger partial charge < -0.3 is 9.88 Å². The predicted octanol–water partition coefficient (Wildman–Crippen LogP) is 3.78. The fourth-order valence-electron chi connectivity index (χ4n) is 3.45. The molecule has 1 heterocycles. The second-order valence-electron chi connectivity index (χ2n) is 6.22. The van der Waals surface area contributed by atoms with E-state index in [-0.39, 0.29) is 0 Å². The van der Waals surface area contributed by atoms with Crippen LogP contribution in [-0.2, 0) is 13.0 Å². The molecule has 1 unspecified atom stereocenters. The molecule has 1 aromatic rings. The first-order valence-corrected chi connectivity index (χ1v) is 8.56. The summed E-state index contributed by atoms with van der Waals surface area (Å²) in [5.41, 5.74) is 0. The van der Waals surface area contributed by atoms with Crippen molar-refractivity contribution in [3.8, 4) is 0 Å². The van der Waals surface area contributed by atoms with Crippen molar-refractivity contribution in [1.29, 1.82) is 0 Å². The van der Waals surface area contributed by atoms with Crippen LogP contribution in [-0.4, -0.2) is 22.1 Å². The van der Waals surface area contributed by atoms with Gasteiger partial charge in [-0.3, -0.25) is 0 Å². The minimum absolute atomic E-state index is 0.603. The fourth-order valence-corrected chi connectivity index (χ4v) is 3.45. The number of hydrogen-bond acceptors (Lipinski definition) is 2. The molecule has 3 nitrogen and oxygen atoms in total. The molecule has 114 valence electrons. The van der Waals surface area contributed by atoms with Crippen molar-refractivity contribution < 1.29 is 0 Å². The largest absolute Gasteiger partial charge is 0.335 e. The minimum atomic E-state index is 0.603. The number of rotatable bonds is 8. The highest BCUT2D eigenvalue weighted by atomic mass is 15.1. The lowest BCUT2D eigenvalue weighted by atomic mass is 9.84. The van der Waals surface area contributed by atoms with Gasteiger partial charge in [-0.25, -0.2) is 4.98 Å². The molecule has 1 N–H and O–H groups in total. The van der Waals surface area contributed by atoms with Gasteiger partial charge in [-0.05, 0) is 32.2 Å². The van der Waals surface area contributed by atoms with Crippen LogP contribution in [0.2, 0.25) is 0 Å². The Morgan fingerprint density at radius 2 is 2.10 bits per heavy atom. The van der Waals surface area contributed by atoms with E-state index in [1.807, 2.05) is 6.20 Å². The number of aryl methyl sites for hydroxylation is 1. The van der Waals surface area contributed by atoms with E-state index < -0.39 is 0 Å². The van der Waals surface area contributed by atoms with Crippen LogP contribution in [0.5, 0.6) is 0 Å². The molecule has 0 aromatic carbocycles. The van der Waals surface area contributed by atoms with Gasteiger partial charge in [0.1, 0.15) is 5.82 Å². The second kappa shape index (κ2) is 8.46. The average Bonchev–Trinajstić information content (AvgIpc) is 2.93. The third kappa shape index (κ3) is 4.62. The van der Waals surface area contributed by atoms with Crippen LogP contribution in [0, 0.1) is 5.92 Å². The van der Waals surface area contributed by atoms with E-state index in [1.54, 1.807) is 0 Å². The average molecular weight is 277 g/mol. The lowest BCUT2D eigenvalue weighted by Crippen LogP contribution is -2.35. The summed E-state index contributed by atoms with van der Waals surface area (Å²) in [6.07, 6.45) is 14.9. The molecule has 1 aromatic heterocycles. The van der Waals surface area contributed by atoms with Gasteiger partial charge in [-0.15, -0.1) is 0 Å². The molecule has 1 atom stereocenters. The van der Waals surface area contributed by atoms with Gasteiger partial charge in [0.25, 0.3) is 0 Å². The zero-order chi connectivity index (χ0) is 14.2. The van der Waals surface area contributed by atoms with Crippen LogP contribution in [0.15, 0.2) is 12.4 Å². The molecule has 0 saturated heterocycles. The molecule has 0 aliphatic heterocycles. The van der Waals surface area contributed by atoms with Gasteiger partial charge >= 0.3 is 0 Å². The van der Waals surface area contributed by atoms with Gasteiger partial charge in [0.15, 0.2) is 0 Å². The lowest BCUT2D eigenvalue weighted by Gasteiger charge is -2.27. The zero-order valence-electron chi connectivity index (χ0n) is 13.3. The highest BCUT2D eigenvalue weighted by Gasteiger charge is 2.20. The van der Waals surface area contributed by atoms with E-state index in [0.29, 0.717) is 6.04 Å². The van der Waals surface area contributed by atoms with E-state index in [2.05, 4.69) is 34.9 Å². The summed E-state index contributed by atoms with van der Waals surface area (Å²) in [6, 6.07) is 0.603. The van der Waals surface area contributed by atoms with Crippen LogP contribution < -0.4 is 5.32 Å². The summed E-state index contributed by atoms with van der Waals surface area (Å²) < 4.78 is 2.28. The molecule has 2 rings (SSSR count). The van der Waals surface area contributed by atoms with Crippen molar-refractivity contribution in [1.82, 2.24) is 14.9 Å². The summed E-state index contributed by atoms with van der Waals surface area (Å²) in [7, 11) is 0.